The lowest BCUT2D eigenvalue weighted by Crippen LogP contribution is -2.12. The van der Waals surface area contributed by atoms with Gasteiger partial charge in [-0.25, -0.2) is 9.97 Å². The maximum atomic E-state index is 4.17. The van der Waals surface area contributed by atoms with Crippen LogP contribution < -0.4 is 5.32 Å². The minimum atomic E-state index is 0.803. The van der Waals surface area contributed by atoms with Crippen LogP contribution in [0.2, 0.25) is 0 Å². The summed E-state index contributed by atoms with van der Waals surface area (Å²) in [7, 11) is 0. The molecule has 0 aliphatic rings. The Bertz CT molecular complexity index is 293. The van der Waals surface area contributed by atoms with Crippen LogP contribution in [0.5, 0.6) is 0 Å². The van der Waals surface area contributed by atoms with Crippen molar-refractivity contribution in [1.82, 2.24) is 20.3 Å². The first-order valence-electron chi connectivity index (χ1n) is 4.00. The van der Waals surface area contributed by atoms with E-state index in [0.29, 0.717) is 0 Å². The molecule has 0 spiro atoms. The monoisotopic (exact) mass is 194 g/mol. The molecule has 0 saturated heterocycles. The second kappa shape index (κ2) is 4.15. The summed E-state index contributed by atoms with van der Waals surface area (Å²) in [6.45, 7) is 1.61. The predicted octanol–water partition coefficient (Wildman–Crippen LogP) is 1.16. The summed E-state index contributed by atoms with van der Waals surface area (Å²) in [4.78, 5) is 11.1. The quantitative estimate of drug-likeness (QED) is 0.767. The average Bonchev–Trinajstić information content (AvgIpc) is 2.75. The minimum Gasteiger partial charge on any atom is -0.347 e. The second-order valence-corrected chi connectivity index (χ2v) is 3.38. The first kappa shape index (κ1) is 8.40. The zero-order valence-electron chi connectivity index (χ0n) is 7.03. The Morgan fingerprint density at radius 1 is 1.46 bits per heavy atom. The number of imidazole rings is 1. The molecule has 2 rings (SSSR count). The Hall–Kier alpha value is -1.20. The van der Waals surface area contributed by atoms with Gasteiger partial charge in [0, 0.05) is 30.4 Å². The largest absolute Gasteiger partial charge is 0.347 e. The fraction of sp³-hybridized carbons (Fsp3) is 0.250. The zero-order chi connectivity index (χ0) is 8.93. The van der Waals surface area contributed by atoms with E-state index < -0.39 is 0 Å². The van der Waals surface area contributed by atoms with Crippen molar-refractivity contribution in [1.29, 1.82) is 0 Å². The van der Waals surface area contributed by atoms with Crippen LogP contribution in [0.25, 0.3) is 0 Å². The van der Waals surface area contributed by atoms with Gasteiger partial charge in [0.25, 0.3) is 0 Å². The third-order valence-corrected chi connectivity index (χ3v) is 2.30. The van der Waals surface area contributed by atoms with Crippen molar-refractivity contribution in [2.24, 2.45) is 0 Å². The number of H-pyrrole nitrogens is 1. The molecule has 0 amide bonds. The lowest BCUT2D eigenvalue weighted by molar-refractivity contribution is 0.672. The number of aromatic amines is 1. The summed E-state index contributed by atoms with van der Waals surface area (Å²) < 4.78 is 0. The number of thiazole rings is 1. The van der Waals surface area contributed by atoms with E-state index in [-0.39, 0.29) is 0 Å². The van der Waals surface area contributed by atoms with E-state index in [1.807, 2.05) is 17.1 Å². The number of aromatic nitrogens is 3. The van der Waals surface area contributed by atoms with Gasteiger partial charge in [-0.1, -0.05) is 0 Å². The van der Waals surface area contributed by atoms with Crippen molar-refractivity contribution >= 4 is 11.3 Å². The molecule has 0 aromatic carbocycles. The maximum Gasteiger partial charge on any atom is 0.0922 e. The Kier molecular flexibility index (Phi) is 2.68. The van der Waals surface area contributed by atoms with Gasteiger partial charge in [-0.05, 0) is 0 Å². The summed E-state index contributed by atoms with van der Waals surface area (Å²) in [6.07, 6.45) is 3.49. The molecule has 68 valence electrons. The van der Waals surface area contributed by atoms with Crippen molar-refractivity contribution in [2.45, 2.75) is 13.1 Å². The Labute approximate surface area is 80.1 Å². The lowest BCUT2D eigenvalue weighted by atomic mass is 10.4. The molecule has 0 radical (unpaired) electrons. The fourth-order valence-corrected chi connectivity index (χ4v) is 1.59. The second-order valence-electron chi connectivity index (χ2n) is 2.66. The number of nitrogens with zero attached hydrogens (tertiary/aromatic N) is 2. The summed E-state index contributed by atoms with van der Waals surface area (Å²) >= 11 is 1.62. The summed E-state index contributed by atoms with van der Waals surface area (Å²) in [6, 6.07) is 0. The predicted molar refractivity (Wildman–Crippen MR) is 51.2 cm³/mol. The van der Waals surface area contributed by atoms with Gasteiger partial charge >= 0.3 is 0 Å². The Balaban J connectivity index is 1.76. The van der Waals surface area contributed by atoms with E-state index in [2.05, 4.69) is 20.3 Å². The van der Waals surface area contributed by atoms with Crippen molar-refractivity contribution in [3.8, 4) is 0 Å². The number of hydrogen-bond acceptors (Lipinski definition) is 4. The number of nitrogens with one attached hydrogen (secondary N) is 2. The molecule has 4 nitrogen and oxygen atoms in total. The molecule has 2 aromatic rings. The van der Waals surface area contributed by atoms with Crippen LogP contribution in [0.4, 0.5) is 0 Å². The van der Waals surface area contributed by atoms with Gasteiger partial charge in [-0.3, -0.25) is 0 Å². The van der Waals surface area contributed by atoms with E-state index in [4.69, 9.17) is 0 Å². The third kappa shape index (κ3) is 2.37. The average molecular weight is 194 g/mol. The van der Waals surface area contributed by atoms with Crippen LogP contribution in [0, 0.1) is 0 Å². The molecular formula is C8H10N4S. The van der Waals surface area contributed by atoms with E-state index in [1.54, 1.807) is 17.7 Å². The molecule has 2 heterocycles. The molecule has 0 bridgehead atoms. The van der Waals surface area contributed by atoms with E-state index in [0.717, 1.165) is 24.5 Å². The minimum absolute atomic E-state index is 0.803. The molecule has 0 aliphatic heterocycles. The molecule has 2 aromatic heterocycles. The van der Waals surface area contributed by atoms with Gasteiger partial charge in [0.1, 0.15) is 0 Å². The normalized spacial score (nSPS) is 10.5. The number of hydrogen-bond donors (Lipinski definition) is 2. The molecule has 2 N–H and O–H groups in total. The smallest absolute Gasteiger partial charge is 0.0922 e. The molecule has 13 heavy (non-hydrogen) atoms. The van der Waals surface area contributed by atoms with Crippen molar-refractivity contribution in [3.63, 3.8) is 0 Å². The summed E-state index contributed by atoms with van der Waals surface area (Å²) in [5.74, 6) is 0. The topological polar surface area (TPSA) is 53.6 Å². The molecule has 0 aliphatic carbocycles. The van der Waals surface area contributed by atoms with Gasteiger partial charge in [0.2, 0.25) is 0 Å². The van der Waals surface area contributed by atoms with Crippen LogP contribution in [0.3, 0.4) is 0 Å². The Morgan fingerprint density at radius 3 is 3.15 bits per heavy atom. The lowest BCUT2D eigenvalue weighted by Gasteiger charge is -1.98. The first-order valence-corrected chi connectivity index (χ1v) is 4.94. The fourth-order valence-electron chi connectivity index (χ4n) is 1.03. The van der Waals surface area contributed by atoms with Crippen molar-refractivity contribution in [3.05, 3.63) is 34.8 Å². The summed E-state index contributed by atoms with van der Waals surface area (Å²) in [5, 5.41) is 5.30. The molecule has 0 atom stereocenters. The molecule has 0 saturated carbocycles. The van der Waals surface area contributed by atoms with Crippen LogP contribution in [-0.4, -0.2) is 15.0 Å². The highest BCUT2D eigenvalue weighted by molar-refractivity contribution is 7.07. The van der Waals surface area contributed by atoms with Gasteiger partial charge in [0.15, 0.2) is 0 Å². The Morgan fingerprint density at radius 2 is 2.46 bits per heavy atom. The van der Waals surface area contributed by atoms with Gasteiger partial charge in [0.05, 0.1) is 17.5 Å². The molecule has 5 heteroatoms. The first-order chi connectivity index (χ1) is 6.45. The highest BCUT2D eigenvalue weighted by Gasteiger charge is 1.95. The van der Waals surface area contributed by atoms with Crippen molar-refractivity contribution < 1.29 is 0 Å². The van der Waals surface area contributed by atoms with Gasteiger partial charge in [-0.2, -0.15) is 0 Å². The third-order valence-electron chi connectivity index (χ3n) is 1.66. The van der Waals surface area contributed by atoms with E-state index >= 15 is 0 Å². The summed E-state index contributed by atoms with van der Waals surface area (Å²) in [5.41, 5.74) is 4.02. The van der Waals surface area contributed by atoms with Crippen molar-refractivity contribution in [2.75, 3.05) is 0 Å². The van der Waals surface area contributed by atoms with E-state index in [9.17, 15) is 0 Å². The van der Waals surface area contributed by atoms with E-state index in [1.165, 1.54) is 0 Å². The van der Waals surface area contributed by atoms with Crippen LogP contribution in [0.1, 0.15) is 11.4 Å². The highest BCUT2D eigenvalue weighted by atomic mass is 32.1. The number of rotatable bonds is 4. The molecule has 0 unspecified atom stereocenters. The standard InChI is InChI=1S/C8H10N4S/c1(7-2-10-5-11-7)9-3-8-4-13-6-12-8/h2,4-6,9H,1,3H2,(H,10,11). The van der Waals surface area contributed by atoms with Gasteiger partial charge in [-0.15, -0.1) is 11.3 Å². The van der Waals surface area contributed by atoms with Crippen LogP contribution >= 0.6 is 11.3 Å². The highest BCUT2D eigenvalue weighted by Crippen LogP contribution is 2.00. The molecule has 0 fully saturated rings. The molecular weight excluding hydrogens is 184 g/mol. The zero-order valence-corrected chi connectivity index (χ0v) is 7.84. The van der Waals surface area contributed by atoms with Crippen LogP contribution in [0.15, 0.2) is 23.4 Å². The maximum absolute atomic E-state index is 4.17. The van der Waals surface area contributed by atoms with Crippen LogP contribution in [-0.2, 0) is 13.1 Å². The van der Waals surface area contributed by atoms with Gasteiger partial charge < -0.3 is 10.3 Å². The SMILES string of the molecule is c1ncc(CNCc2cscn2)[nH]1.